The number of hydrogen-bond acceptors (Lipinski definition) is 6. The fourth-order valence-corrected chi connectivity index (χ4v) is 2.69. The first-order valence-electron chi connectivity index (χ1n) is 5.43. The summed E-state index contributed by atoms with van der Waals surface area (Å²) in [5.41, 5.74) is -1.45. The van der Waals surface area contributed by atoms with E-state index in [0.717, 1.165) is 0 Å². The Balaban J connectivity index is 2.36. The fraction of sp³-hybridized carbons (Fsp3) is 0.727. The largest absolute Gasteiger partial charge is 0.468 e. The van der Waals surface area contributed by atoms with Crippen LogP contribution in [0, 0.1) is 11.8 Å². The van der Waals surface area contributed by atoms with E-state index in [-0.39, 0.29) is 5.78 Å². The number of carbonyl (C=O) groups excluding carboxylic acids is 3. The molecule has 6 heteroatoms. The molecule has 1 saturated carbocycles. The summed E-state index contributed by atoms with van der Waals surface area (Å²) in [6.07, 6.45) is 1.24. The Hall–Kier alpha value is -1.43. The molecule has 0 aromatic rings. The normalized spacial score (nSPS) is 35.5. The molecule has 94 valence electrons. The molecule has 1 aliphatic heterocycles. The van der Waals surface area contributed by atoms with Gasteiger partial charge in [-0.05, 0) is 12.8 Å². The quantitative estimate of drug-likeness (QED) is 0.488. The summed E-state index contributed by atoms with van der Waals surface area (Å²) in [5, 5.41) is 0. The van der Waals surface area contributed by atoms with Crippen molar-refractivity contribution < 1.29 is 28.6 Å². The standard InChI is InChI=1S/C11H14O6/c1-15-9(13)7-8(12)6-4-3-5-17-11(6,7)10(14)16-2/h6-7H,3-5H2,1-2H3/t6-,7?,11-/m0/s1. The predicted molar refractivity (Wildman–Crippen MR) is 53.9 cm³/mol. The third-order valence-corrected chi connectivity index (χ3v) is 3.49. The molecule has 0 radical (unpaired) electrons. The number of carbonyl (C=O) groups is 3. The lowest BCUT2D eigenvalue weighted by atomic mass is 9.57. The highest BCUT2D eigenvalue weighted by Gasteiger charge is 2.72. The van der Waals surface area contributed by atoms with E-state index in [9.17, 15) is 14.4 Å². The summed E-state index contributed by atoms with van der Waals surface area (Å²) in [7, 11) is 2.39. The maximum atomic E-state index is 11.8. The minimum atomic E-state index is -1.45. The van der Waals surface area contributed by atoms with Crippen LogP contribution in [0.2, 0.25) is 0 Å². The van der Waals surface area contributed by atoms with Crippen LogP contribution < -0.4 is 0 Å². The summed E-state index contributed by atoms with van der Waals surface area (Å²) in [6, 6.07) is 0. The minimum absolute atomic E-state index is 0.290. The smallest absolute Gasteiger partial charge is 0.340 e. The number of hydrogen-bond donors (Lipinski definition) is 0. The lowest BCUT2D eigenvalue weighted by molar-refractivity contribution is -0.228. The molecule has 17 heavy (non-hydrogen) atoms. The second-order valence-corrected chi connectivity index (χ2v) is 4.19. The van der Waals surface area contributed by atoms with Gasteiger partial charge in [-0.1, -0.05) is 0 Å². The molecular weight excluding hydrogens is 228 g/mol. The van der Waals surface area contributed by atoms with Crippen LogP contribution in [0.4, 0.5) is 0 Å². The molecular formula is C11H14O6. The highest BCUT2D eigenvalue weighted by atomic mass is 16.6. The first-order chi connectivity index (χ1) is 8.09. The van der Waals surface area contributed by atoms with E-state index in [4.69, 9.17) is 4.74 Å². The topological polar surface area (TPSA) is 78.9 Å². The Morgan fingerprint density at radius 1 is 1.35 bits per heavy atom. The molecule has 6 nitrogen and oxygen atoms in total. The SMILES string of the molecule is COC(=O)C1C(=O)[C@@H]2CCCO[C@]12C(=O)OC. The number of Topliss-reactive ketones (excluding diaryl/α,β-unsaturated/α-hetero) is 1. The molecule has 0 amide bonds. The summed E-state index contributed by atoms with van der Waals surface area (Å²) < 4.78 is 14.6. The Morgan fingerprint density at radius 3 is 2.65 bits per heavy atom. The van der Waals surface area contributed by atoms with Crippen molar-refractivity contribution in [1.29, 1.82) is 0 Å². The average molecular weight is 242 g/mol. The molecule has 2 fully saturated rings. The van der Waals surface area contributed by atoms with Crippen molar-refractivity contribution in [3.63, 3.8) is 0 Å². The minimum Gasteiger partial charge on any atom is -0.468 e. The van der Waals surface area contributed by atoms with Gasteiger partial charge in [0.25, 0.3) is 0 Å². The Labute approximate surface area is 98.2 Å². The zero-order valence-corrected chi connectivity index (χ0v) is 9.73. The van der Waals surface area contributed by atoms with Gasteiger partial charge in [0.2, 0.25) is 0 Å². The third kappa shape index (κ3) is 1.40. The van der Waals surface area contributed by atoms with Crippen molar-refractivity contribution >= 4 is 17.7 Å². The lowest BCUT2D eigenvalue weighted by Crippen LogP contribution is -2.73. The molecule has 2 rings (SSSR count). The molecule has 0 aromatic carbocycles. The molecule has 1 heterocycles. The van der Waals surface area contributed by atoms with E-state index >= 15 is 0 Å². The fourth-order valence-electron chi connectivity index (χ4n) is 2.69. The molecule has 3 atom stereocenters. The van der Waals surface area contributed by atoms with Gasteiger partial charge in [0.05, 0.1) is 20.1 Å². The van der Waals surface area contributed by atoms with Crippen molar-refractivity contribution in [3.8, 4) is 0 Å². The van der Waals surface area contributed by atoms with Gasteiger partial charge in [-0.2, -0.15) is 0 Å². The highest BCUT2D eigenvalue weighted by Crippen LogP contribution is 2.50. The Bertz CT molecular complexity index is 376. The molecule has 1 unspecified atom stereocenters. The number of ketones is 1. The average Bonchev–Trinajstić information content (AvgIpc) is 2.36. The highest BCUT2D eigenvalue weighted by molar-refractivity contribution is 6.15. The first-order valence-corrected chi connectivity index (χ1v) is 5.43. The van der Waals surface area contributed by atoms with Crippen LogP contribution >= 0.6 is 0 Å². The van der Waals surface area contributed by atoms with Crippen LogP contribution in [-0.4, -0.2) is 44.1 Å². The van der Waals surface area contributed by atoms with E-state index in [0.29, 0.717) is 19.4 Å². The van der Waals surface area contributed by atoms with Crippen LogP contribution in [0.15, 0.2) is 0 Å². The second kappa shape index (κ2) is 4.10. The van der Waals surface area contributed by atoms with E-state index in [1.165, 1.54) is 14.2 Å². The number of ether oxygens (including phenoxy) is 3. The van der Waals surface area contributed by atoms with Gasteiger partial charge in [-0.15, -0.1) is 0 Å². The van der Waals surface area contributed by atoms with Crippen molar-refractivity contribution in [2.75, 3.05) is 20.8 Å². The van der Waals surface area contributed by atoms with Crippen molar-refractivity contribution in [1.82, 2.24) is 0 Å². The third-order valence-electron chi connectivity index (χ3n) is 3.49. The van der Waals surface area contributed by atoms with Crippen molar-refractivity contribution in [2.45, 2.75) is 18.4 Å². The zero-order chi connectivity index (χ0) is 12.6. The molecule has 0 aromatic heterocycles. The summed E-state index contributed by atoms with van der Waals surface area (Å²) in [5.74, 6) is -3.45. The van der Waals surface area contributed by atoms with E-state index < -0.39 is 29.4 Å². The van der Waals surface area contributed by atoms with Crippen LogP contribution in [0.1, 0.15) is 12.8 Å². The maximum Gasteiger partial charge on any atom is 0.340 e. The molecule has 0 N–H and O–H groups in total. The summed E-state index contributed by atoms with van der Waals surface area (Å²) in [4.78, 5) is 35.2. The number of methoxy groups -OCH3 is 2. The van der Waals surface area contributed by atoms with Gasteiger partial charge < -0.3 is 14.2 Å². The van der Waals surface area contributed by atoms with Crippen LogP contribution in [0.25, 0.3) is 0 Å². The summed E-state index contributed by atoms with van der Waals surface area (Å²) >= 11 is 0. The van der Waals surface area contributed by atoms with E-state index in [1.807, 2.05) is 0 Å². The monoisotopic (exact) mass is 242 g/mol. The predicted octanol–water partition coefficient (Wildman–Crippen LogP) is -0.303. The maximum absolute atomic E-state index is 11.8. The lowest BCUT2D eigenvalue weighted by Gasteiger charge is -2.51. The van der Waals surface area contributed by atoms with Crippen LogP contribution in [-0.2, 0) is 28.6 Å². The van der Waals surface area contributed by atoms with Crippen molar-refractivity contribution in [2.24, 2.45) is 11.8 Å². The second-order valence-electron chi connectivity index (χ2n) is 4.19. The van der Waals surface area contributed by atoms with Gasteiger partial charge in [-0.25, -0.2) is 4.79 Å². The number of fused-ring (bicyclic) bond motifs is 1. The van der Waals surface area contributed by atoms with Gasteiger partial charge >= 0.3 is 11.9 Å². The van der Waals surface area contributed by atoms with E-state index in [2.05, 4.69) is 9.47 Å². The number of rotatable bonds is 2. The molecule has 0 bridgehead atoms. The van der Waals surface area contributed by atoms with Gasteiger partial charge in [0, 0.05) is 6.61 Å². The molecule has 0 spiro atoms. The van der Waals surface area contributed by atoms with Gasteiger partial charge in [0.15, 0.2) is 17.3 Å². The molecule has 2 aliphatic rings. The van der Waals surface area contributed by atoms with Crippen LogP contribution in [0.3, 0.4) is 0 Å². The van der Waals surface area contributed by atoms with Gasteiger partial charge in [-0.3, -0.25) is 9.59 Å². The van der Waals surface area contributed by atoms with Crippen LogP contribution in [0.5, 0.6) is 0 Å². The zero-order valence-electron chi connectivity index (χ0n) is 9.73. The Kier molecular flexibility index (Phi) is 2.91. The van der Waals surface area contributed by atoms with Gasteiger partial charge in [0.1, 0.15) is 0 Å². The summed E-state index contributed by atoms with van der Waals surface area (Å²) in [6.45, 7) is 0.340. The van der Waals surface area contributed by atoms with Crippen molar-refractivity contribution in [3.05, 3.63) is 0 Å². The molecule has 1 saturated heterocycles. The first kappa shape index (κ1) is 12.0. The Morgan fingerprint density at radius 2 is 2.06 bits per heavy atom. The number of esters is 2. The van der Waals surface area contributed by atoms with E-state index in [1.54, 1.807) is 0 Å². The molecule has 1 aliphatic carbocycles.